The Labute approximate surface area is 215 Å². The minimum Gasteiger partial charge on any atom is -0.393 e. The number of fused-ring (bicyclic) bond motifs is 1. The van der Waals surface area contributed by atoms with Crippen LogP contribution < -0.4 is 20.9 Å². The van der Waals surface area contributed by atoms with Crippen LogP contribution >= 0.6 is 0 Å². The first kappa shape index (κ1) is 24.4. The number of nitrogens with one attached hydrogen (secondary N) is 4. The minimum atomic E-state index is -0.219. The third-order valence-electron chi connectivity index (χ3n) is 6.61. The van der Waals surface area contributed by atoms with E-state index in [0.29, 0.717) is 5.56 Å². The molecule has 1 aliphatic heterocycles. The number of carbonyl (C=O) groups excluding carboxylic acids is 2. The van der Waals surface area contributed by atoms with Crippen molar-refractivity contribution in [3.05, 3.63) is 84.6 Å². The summed E-state index contributed by atoms with van der Waals surface area (Å²) in [5.41, 5.74) is 5.20. The number of aromatic nitrogens is 1. The van der Waals surface area contributed by atoms with Crippen LogP contribution in [0.1, 0.15) is 29.6 Å². The Kier molecular flexibility index (Phi) is 7.37. The van der Waals surface area contributed by atoms with Crippen LogP contribution in [0.3, 0.4) is 0 Å². The number of hydrogen-bond donors (Lipinski definition) is 5. The second-order valence-electron chi connectivity index (χ2n) is 9.30. The van der Waals surface area contributed by atoms with Gasteiger partial charge in [-0.15, -0.1) is 0 Å². The molecule has 0 unspecified atom stereocenters. The standard InChI is InChI=1S/C29H31N5O3/c35-26-13-17-34(18-14-26)25-9-7-23(8-10-25)32-22-4-2-21(3-5-22)29(37)31-16-12-28(36)33-24-6-1-20-11-15-30-27(20)19-24/h1-11,15,19,26,30,32,35H,12-14,16-18H2,(H,31,37)(H,33,36). The highest BCUT2D eigenvalue weighted by molar-refractivity contribution is 5.96. The van der Waals surface area contributed by atoms with Gasteiger partial charge in [0.2, 0.25) is 5.91 Å². The number of anilines is 4. The van der Waals surface area contributed by atoms with Crippen LogP contribution in [-0.2, 0) is 4.79 Å². The molecule has 2 heterocycles. The summed E-state index contributed by atoms with van der Waals surface area (Å²) < 4.78 is 0. The Bertz CT molecular complexity index is 1360. The van der Waals surface area contributed by atoms with Gasteiger partial charge in [0.25, 0.3) is 5.91 Å². The number of piperidine rings is 1. The van der Waals surface area contributed by atoms with Gasteiger partial charge in [-0.05, 0) is 85.0 Å². The van der Waals surface area contributed by atoms with Crippen molar-refractivity contribution in [1.82, 2.24) is 10.3 Å². The van der Waals surface area contributed by atoms with Crippen LogP contribution in [0.15, 0.2) is 79.0 Å². The molecule has 8 nitrogen and oxygen atoms in total. The quantitative estimate of drug-likeness (QED) is 0.244. The van der Waals surface area contributed by atoms with E-state index in [1.165, 1.54) is 0 Å². The number of rotatable bonds is 8. The number of amides is 2. The van der Waals surface area contributed by atoms with Crippen LogP contribution in [0, 0.1) is 0 Å². The second kappa shape index (κ2) is 11.2. The molecular weight excluding hydrogens is 466 g/mol. The smallest absolute Gasteiger partial charge is 0.251 e. The van der Waals surface area contributed by atoms with E-state index in [1.807, 2.05) is 54.7 Å². The molecule has 5 N–H and O–H groups in total. The fourth-order valence-corrected chi connectivity index (χ4v) is 4.49. The lowest BCUT2D eigenvalue weighted by Crippen LogP contribution is -2.35. The highest BCUT2D eigenvalue weighted by Crippen LogP contribution is 2.24. The van der Waals surface area contributed by atoms with Crippen molar-refractivity contribution >= 4 is 45.5 Å². The SMILES string of the molecule is O=C(CCNC(=O)c1ccc(Nc2ccc(N3CCC(O)CC3)cc2)cc1)Nc1ccc2cc[nH]c2c1. The number of aromatic amines is 1. The lowest BCUT2D eigenvalue weighted by atomic mass is 10.1. The van der Waals surface area contributed by atoms with E-state index in [1.54, 1.807) is 12.1 Å². The minimum absolute atomic E-state index is 0.158. The first-order valence-electron chi connectivity index (χ1n) is 12.6. The summed E-state index contributed by atoms with van der Waals surface area (Å²) in [5.74, 6) is -0.377. The molecule has 0 bridgehead atoms. The molecule has 8 heteroatoms. The fourth-order valence-electron chi connectivity index (χ4n) is 4.49. The molecule has 1 aliphatic rings. The molecule has 1 aromatic heterocycles. The maximum atomic E-state index is 12.5. The Morgan fingerprint density at radius 1 is 0.892 bits per heavy atom. The molecule has 0 saturated carbocycles. The monoisotopic (exact) mass is 497 g/mol. The fraction of sp³-hybridized carbons (Fsp3) is 0.241. The maximum Gasteiger partial charge on any atom is 0.251 e. The first-order chi connectivity index (χ1) is 18.0. The number of aliphatic hydroxyl groups is 1. The molecule has 0 atom stereocenters. The Balaban J connectivity index is 1.07. The third-order valence-corrected chi connectivity index (χ3v) is 6.61. The Morgan fingerprint density at radius 3 is 2.30 bits per heavy atom. The molecule has 3 aromatic carbocycles. The van der Waals surface area contributed by atoms with E-state index < -0.39 is 0 Å². The van der Waals surface area contributed by atoms with E-state index in [2.05, 4.69) is 38.0 Å². The zero-order chi connectivity index (χ0) is 25.6. The zero-order valence-electron chi connectivity index (χ0n) is 20.5. The van der Waals surface area contributed by atoms with Gasteiger partial charge in [0.15, 0.2) is 0 Å². The van der Waals surface area contributed by atoms with Gasteiger partial charge < -0.3 is 30.9 Å². The van der Waals surface area contributed by atoms with Crippen molar-refractivity contribution in [1.29, 1.82) is 0 Å². The number of H-pyrrole nitrogens is 1. The highest BCUT2D eigenvalue weighted by Gasteiger charge is 2.17. The van der Waals surface area contributed by atoms with Crippen molar-refractivity contribution in [3.63, 3.8) is 0 Å². The molecule has 1 fully saturated rings. The van der Waals surface area contributed by atoms with E-state index in [-0.39, 0.29) is 30.9 Å². The van der Waals surface area contributed by atoms with E-state index in [0.717, 1.165) is 59.6 Å². The second-order valence-corrected chi connectivity index (χ2v) is 9.30. The predicted octanol–water partition coefficient (Wildman–Crippen LogP) is 4.63. The maximum absolute atomic E-state index is 12.5. The molecule has 0 radical (unpaired) electrons. The van der Waals surface area contributed by atoms with Crippen LogP contribution in [-0.4, -0.2) is 47.6 Å². The zero-order valence-corrected chi connectivity index (χ0v) is 20.5. The molecular formula is C29H31N5O3. The number of aliphatic hydroxyl groups excluding tert-OH is 1. The van der Waals surface area contributed by atoms with E-state index in [4.69, 9.17) is 0 Å². The molecule has 0 aliphatic carbocycles. The van der Waals surface area contributed by atoms with Gasteiger partial charge in [-0.2, -0.15) is 0 Å². The van der Waals surface area contributed by atoms with Crippen LogP contribution in [0.4, 0.5) is 22.7 Å². The van der Waals surface area contributed by atoms with Gasteiger partial charge in [0.05, 0.1) is 6.10 Å². The topological polar surface area (TPSA) is 109 Å². The van der Waals surface area contributed by atoms with Crippen molar-refractivity contribution in [2.45, 2.75) is 25.4 Å². The van der Waals surface area contributed by atoms with Gasteiger partial charge in [0.1, 0.15) is 0 Å². The summed E-state index contributed by atoms with van der Waals surface area (Å²) in [4.78, 5) is 30.2. The number of carbonyl (C=O) groups is 2. The molecule has 190 valence electrons. The number of hydrogen-bond acceptors (Lipinski definition) is 5. The molecule has 0 spiro atoms. The summed E-state index contributed by atoms with van der Waals surface area (Å²) in [6, 6.07) is 23.1. The van der Waals surface area contributed by atoms with Crippen LogP contribution in [0.5, 0.6) is 0 Å². The summed E-state index contributed by atoms with van der Waals surface area (Å²) in [6.45, 7) is 1.98. The molecule has 4 aromatic rings. The van der Waals surface area contributed by atoms with E-state index in [9.17, 15) is 14.7 Å². The lowest BCUT2D eigenvalue weighted by Gasteiger charge is -2.31. The van der Waals surface area contributed by atoms with Gasteiger partial charge in [-0.3, -0.25) is 9.59 Å². The average molecular weight is 498 g/mol. The molecule has 5 rings (SSSR count). The van der Waals surface area contributed by atoms with E-state index >= 15 is 0 Å². The Hall–Kier alpha value is -4.30. The molecule has 37 heavy (non-hydrogen) atoms. The largest absolute Gasteiger partial charge is 0.393 e. The molecule has 2 amide bonds. The van der Waals surface area contributed by atoms with Crippen molar-refractivity contribution in [2.24, 2.45) is 0 Å². The summed E-state index contributed by atoms with van der Waals surface area (Å²) in [6.07, 6.45) is 3.46. The summed E-state index contributed by atoms with van der Waals surface area (Å²) in [7, 11) is 0. The first-order valence-corrected chi connectivity index (χ1v) is 12.6. The summed E-state index contributed by atoms with van der Waals surface area (Å²) in [5, 5.41) is 19.8. The molecule has 1 saturated heterocycles. The van der Waals surface area contributed by atoms with Gasteiger partial charge in [-0.25, -0.2) is 0 Å². The van der Waals surface area contributed by atoms with Gasteiger partial charge >= 0.3 is 0 Å². The Morgan fingerprint density at radius 2 is 1.57 bits per heavy atom. The van der Waals surface area contributed by atoms with Crippen molar-refractivity contribution in [2.75, 3.05) is 35.2 Å². The number of nitrogens with zero attached hydrogens (tertiary/aromatic N) is 1. The normalized spacial score (nSPS) is 13.9. The van der Waals surface area contributed by atoms with Gasteiger partial charge in [0, 0.05) is 66.1 Å². The van der Waals surface area contributed by atoms with Crippen LogP contribution in [0.25, 0.3) is 10.9 Å². The average Bonchev–Trinajstić information content (AvgIpc) is 3.38. The van der Waals surface area contributed by atoms with Gasteiger partial charge in [-0.1, -0.05) is 6.07 Å². The van der Waals surface area contributed by atoms with Crippen LogP contribution in [0.2, 0.25) is 0 Å². The summed E-state index contributed by atoms with van der Waals surface area (Å²) >= 11 is 0. The lowest BCUT2D eigenvalue weighted by molar-refractivity contribution is -0.116. The third kappa shape index (κ3) is 6.29. The van der Waals surface area contributed by atoms with Crippen molar-refractivity contribution < 1.29 is 14.7 Å². The number of benzene rings is 3. The van der Waals surface area contributed by atoms with Crippen molar-refractivity contribution in [3.8, 4) is 0 Å². The highest BCUT2D eigenvalue weighted by atomic mass is 16.3. The predicted molar refractivity (Wildman–Crippen MR) is 147 cm³/mol.